The van der Waals surface area contributed by atoms with E-state index >= 15 is 0 Å². The van der Waals surface area contributed by atoms with Crippen LogP contribution in [-0.2, 0) is 4.79 Å². The van der Waals surface area contributed by atoms with Crippen LogP contribution in [0.2, 0.25) is 0 Å². The topological polar surface area (TPSA) is 49.3 Å². The van der Waals surface area contributed by atoms with Crippen molar-refractivity contribution in [2.24, 2.45) is 0 Å². The van der Waals surface area contributed by atoms with Crippen molar-refractivity contribution in [3.8, 4) is 0 Å². The second kappa shape index (κ2) is 4.57. The Morgan fingerprint density at radius 2 is 1.82 bits per heavy atom. The van der Waals surface area contributed by atoms with Crippen LogP contribution in [0.3, 0.4) is 0 Å². The summed E-state index contributed by atoms with van der Waals surface area (Å²) in [6.45, 7) is 7.44. The average Bonchev–Trinajstić information content (AvgIpc) is 1.60. The first kappa shape index (κ1) is 13.3. The normalized spacial score (nSPS) is 13.5. The summed E-state index contributed by atoms with van der Waals surface area (Å²) in [4.78, 5) is 10.3. The Kier molecular flexibility index (Phi) is 5.53. The van der Waals surface area contributed by atoms with Gasteiger partial charge < -0.3 is 5.11 Å². The third-order valence-electron chi connectivity index (χ3n) is 1.02. The lowest BCUT2D eigenvalue weighted by molar-refractivity contribution is -0.139. The molecule has 0 saturated heterocycles. The SMILES string of the molecule is C[C@@H](NC(C)(C)C)C(=O)O.Cl. The van der Waals surface area contributed by atoms with Crippen LogP contribution in [0.25, 0.3) is 0 Å². The highest BCUT2D eigenvalue weighted by Crippen LogP contribution is 2.00. The zero-order valence-electron chi connectivity index (χ0n) is 7.34. The number of carbonyl (C=O) groups is 1. The zero-order chi connectivity index (χ0) is 8.36. The number of aliphatic carboxylic acids is 1. The molecule has 0 radical (unpaired) electrons. The van der Waals surface area contributed by atoms with Crippen molar-refractivity contribution in [2.45, 2.75) is 39.3 Å². The first-order chi connectivity index (χ1) is 4.33. The van der Waals surface area contributed by atoms with Crippen molar-refractivity contribution in [2.75, 3.05) is 0 Å². The van der Waals surface area contributed by atoms with Gasteiger partial charge in [-0.25, -0.2) is 0 Å². The number of hydrogen-bond acceptors (Lipinski definition) is 2. The van der Waals surface area contributed by atoms with Gasteiger partial charge >= 0.3 is 5.97 Å². The van der Waals surface area contributed by atoms with Gasteiger partial charge in [0.25, 0.3) is 0 Å². The minimum atomic E-state index is -0.810. The molecule has 0 aromatic carbocycles. The highest BCUT2D eigenvalue weighted by atomic mass is 35.5. The fraction of sp³-hybridized carbons (Fsp3) is 0.857. The molecule has 0 aliphatic rings. The van der Waals surface area contributed by atoms with Crippen LogP contribution >= 0.6 is 12.4 Å². The lowest BCUT2D eigenvalue weighted by atomic mass is 10.1. The van der Waals surface area contributed by atoms with Gasteiger partial charge in [0.15, 0.2) is 0 Å². The highest BCUT2D eigenvalue weighted by Gasteiger charge is 2.17. The van der Waals surface area contributed by atoms with Crippen LogP contribution in [0.1, 0.15) is 27.7 Å². The molecule has 0 heterocycles. The Bertz CT molecular complexity index is 131. The van der Waals surface area contributed by atoms with E-state index in [2.05, 4.69) is 5.32 Å². The molecule has 3 nitrogen and oxygen atoms in total. The number of carboxylic acids is 1. The van der Waals surface area contributed by atoms with Crippen molar-refractivity contribution >= 4 is 18.4 Å². The van der Waals surface area contributed by atoms with Gasteiger partial charge in [-0.15, -0.1) is 12.4 Å². The molecule has 0 fully saturated rings. The third-order valence-corrected chi connectivity index (χ3v) is 1.02. The summed E-state index contributed by atoms with van der Waals surface area (Å²) in [6, 6.07) is -0.472. The summed E-state index contributed by atoms with van der Waals surface area (Å²) in [5, 5.41) is 11.4. The minimum Gasteiger partial charge on any atom is -0.480 e. The molecule has 0 aliphatic carbocycles. The van der Waals surface area contributed by atoms with E-state index in [1.165, 1.54) is 0 Å². The molecule has 0 saturated carbocycles. The molecule has 1 atom stereocenters. The van der Waals surface area contributed by atoms with E-state index in [0.717, 1.165) is 0 Å². The van der Waals surface area contributed by atoms with Crippen LogP contribution in [0.5, 0.6) is 0 Å². The second-order valence-electron chi connectivity index (χ2n) is 3.45. The Balaban J connectivity index is 0. The highest BCUT2D eigenvalue weighted by molar-refractivity contribution is 5.85. The van der Waals surface area contributed by atoms with Gasteiger partial charge in [-0.3, -0.25) is 10.1 Å². The maximum atomic E-state index is 10.3. The first-order valence-electron chi connectivity index (χ1n) is 3.33. The Morgan fingerprint density at radius 3 is 1.91 bits per heavy atom. The van der Waals surface area contributed by atoms with E-state index < -0.39 is 12.0 Å². The van der Waals surface area contributed by atoms with Crippen LogP contribution in [-0.4, -0.2) is 22.7 Å². The predicted octanol–water partition coefficient (Wildman–Crippen LogP) is 1.27. The Labute approximate surface area is 73.6 Å². The fourth-order valence-electron chi connectivity index (χ4n) is 0.711. The number of nitrogens with one attached hydrogen (secondary N) is 1. The van der Waals surface area contributed by atoms with Crippen molar-refractivity contribution in [3.63, 3.8) is 0 Å². The van der Waals surface area contributed by atoms with Gasteiger partial charge in [0.2, 0.25) is 0 Å². The maximum Gasteiger partial charge on any atom is 0.320 e. The van der Waals surface area contributed by atoms with Crippen molar-refractivity contribution in [3.05, 3.63) is 0 Å². The number of rotatable bonds is 2. The lowest BCUT2D eigenvalue weighted by Gasteiger charge is -2.23. The molecule has 4 heteroatoms. The molecule has 0 rings (SSSR count). The zero-order valence-corrected chi connectivity index (χ0v) is 8.16. The third kappa shape index (κ3) is 7.62. The number of halogens is 1. The van der Waals surface area contributed by atoms with E-state index in [1.807, 2.05) is 20.8 Å². The Hall–Kier alpha value is -0.280. The number of carboxylic acid groups (broad SMARTS) is 1. The molecule has 0 bridgehead atoms. The molecule has 2 N–H and O–H groups in total. The van der Waals surface area contributed by atoms with Crippen LogP contribution in [0.4, 0.5) is 0 Å². The van der Waals surface area contributed by atoms with Crippen molar-refractivity contribution in [1.29, 1.82) is 0 Å². The first-order valence-corrected chi connectivity index (χ1v) is 3.33. The second-order valence-corrected chi connectivity index (χ2v) is 3.45. The smallest absolute Gasteiger partial charge is 0.320 e. The molecule has 0 unspecified atom stereocenters. The predicted molar refractivity (Wildman–Crippen MR) is 47.2 cm³/mol. The maximum absolute atomic E-state index is 10.3. The van der Waals surface area contributed by atoms with E-state index in [-0.39, 0.29) is 17.9 Å². The quantitative estimate of drug-likeness (QED) is 0.675. The molecular formula is C7H16ClNO2. The van der Waals surface area contributed by atoms with E-state index in [4.69, 9.17) is 5.11 Å². The van der Waals surface area contributed by atoms with Crippen molar-refractivity contribution in [1.82, 2.24) is 5.32 Å². The molecule has 0 spiro atoms. The molecule has 0 aromatic heterocycles. The fourth-order valence-corrected chi connectivity index (χ4v) is 0.711. The van der Waals surface area contributed by atoms with Crippen LogP contribution in [0.15, 0.2) is 0 Å². The minimum absolute atomic E-state index is 0. The summed E-state index contributed by atoms with van der Waals surface area (Å²) in [5.41, 5.74) is -0.127. The summed E-state index contributed by atoms with van der Waals surface area (Å²) in [7, 11) is 0. The van der Waals surface area contributed by atoms with Gasteiger partial charge in [-0.2, -0.15) is 0 Å². The largest absolute Gasteiger partial charge is 0.480 e. The van der Waals surface area contributed by atoms with E-state index in [1.54, 1.807) is 6.92 Å². The summed E-state index contributed by atoms with van der Waals surface area (Å²) >= 11 is 0. The summed E-state index contributed by atoms with van der Waals surface area (Å²) in [5.74, 6) is -0.810. The molecule has 0 aromatic rings. The molecule has 11 heavy (non-hydrogen) atoms. The molecule has 0 amide bonds. The van der Waals surface area contributed by atoms with Gasteiger partial charge in [0.1, 0.15) is 6.04 Å². The number of hydrogen-bond donors (Lipinski definition) is 2. The molecule has 0 aliphatic heterocycles. The van der Waals surface area contributed by atoms with Crippen LogP contribution < -0.4 is 5.32 Å². The van der Waals surface area contributed by atoms with Gasteiger partial charge in [-0.05, 0) is 27.7 Å². The Morgan fingerprint density at radius 1 is 1.45 bits per heavy atom. The van der Waals surface area contributed by atoms with E-state index in [0.29, 0.717) is 0 Å². The monoisotopic (exact) mass is 181 g/mol. The summed E-state index contributed by atoms with van der Waals surface area (Å²) in [6.07, 6.45) is 0. The van der Waals surface area contributed by atoms with Gasteiger partial charge in [0, 0.05) is 5.54 Å². The average molecular weight is 182 g/mol. The van der Waals surface area contributed by atoms with Crippen molar-refractivity contribution < 1.29 is 9.90 Å². The van der Waals surface area contributed by atoms with E-state index in [9.17, 15) is 4.79 Å². The standard InChI is InChI=1S/C7H15NO2.ClH/c1-5(6(9)10)8-7(2,3)4;/h5,8H,1-4H3,(H,9,10);1H/t5-;/m1./s1. The van der Waals surface area contributed by atoms with Crippen LogP contribution in [0, 0.1) is 0 Å². The van der Waals surface area contributed by atoms with Gasteiger partial charge in [-0.1, -0.05) is 0 Å². The summed E-state index contributed by atoms with van der Waals surface area (Å²) < 4.78 is 0. The van der Waals surface area contributed by atoms with Gasteiger partial charge in [0.05, 0.1) is 0 Å². The molecular weight excluding hydrogens is 166 g/mol. The lowest BCUT2D eigenvalue weighted by Crippen LogP contribution is -2.45. The molecule has 68 valence electrons.